The molecule has 0 atom stereocenters. The Morgan fingerprint density at radius 2 is 1.62 bits per heavy atom. The molecular weight excluding hydrogens is 170 g/mol. The van der Waals surface area contributed by atoms with E-state index in [9.17, 15) is 4.79 Å². The number of pyridine rings is 1. The highest BCUT2D eigenvalue weighted by Crippen LogP contribution is 2.06. The third kappa shape index (κ3) is 2.14. The van der Waals surface area contributed by atoms with Gasteiger partial charge in [-0.1, -0.05) is 18.2 Å². The maximum absolute atomic E-state index is 10.8. The fourth-order valence-electron chi connectivity index (χ4n) is 1.10. The molecule has 0 radical (unpaired) electrons. The van der Waals surface area contributed by atoms with Crippen LogP contribution in [0.15, 0.2) is 41.2 Å². The molecule has 0 spiro atoms. The number of H-pyrrole nitrogens is 1. The Balaban J connectivity index is 0.000000720. The summed E-state index contributed by atoms with van der Waals surface area (Å²) in [5.41, 5.74) is 0.837. The van der Waals surface area contributed by atoms with Crippen LogP contribution in [0, 0.1) is 0 Å². The van der Waals surface area contributed by atoms with Crippen molar-refractivity contribution in [2.24, 2.45) is 0 Å². The van der Waals surface area contributed by atoms with E-state index in [-0.39, 0.29) is 16.5 Å². The highest BCUT2D eigenvalue weighted by molar-refractivity contribution is 5.77. The second kappa shape index (κ2) is 4.39. The van der Waals surface area contributed by atoms with Gasteiger partial charge in [0.25, 0.3) is 0 Å². The summed E-state index contributed by atoms with van der Waals surface area (Å²) in [6.07, 6.45) is 0. The molecular formula is C9H11NO3. The average Bonchev–Trinajstić information content (AvgIpc) is 2.04. The minimum absolute atomic E-state index is 0. The summed E-state index contributed by atoms with van der Waals surface area (Å²) in [5.74, 6) is 0. The molecule has 4 heteroatoms. The van der Waals surface area contributed by atoms with Gasteiger partial charge in [0.15, 0.2) is 0 Å². The summed E-state index contributed by atoms with van der Waals surface area (Å²) >= 11 is 0. The molecule has 1 aromatic heterocycles. The van der Waals surface area contributed by atoms with Crippen LogP contribution in [-0.4, -0.2) is 15.9 Å². The second-order valence-corrected chi connectivity index (χ2v) is 2.41. The number of aromatic amines is 1. The van der Waals surface area contributed by atoms with Crippen LogP contribution in [0.25, 0.3) is 10.9 Å². The molecule has 0 saturated carbocycles. The number of rotatable bonds is 0. The summed E-state index contributed by atoms with van der Waals surface area (Å²) in [4.78, 5) is 13.6. The molecule has 0 fully saturated rings. The number of nitrogens with one attached hydrogen (secondary N) is 1. The van der Waals surface area contributed by atoms with Gasteiger partial charge in [-0.15, -0.1) is 0 Å². The fourth-order valence-corrected chi connectivity index (χ4v) is 1.10. The molecule has 4 nitrogen and oxygen atoms in total. The lowest BCUT2D eigenvalue weighted by Gasteiger charge is -1.93. The van der Waals surface area contributed by atoms with E-state index >= 15 is 0 Å². The summed E-state index contributed by atoms with van der Waals surface area (Å²) < 4.78 is 0. The standard InChI is InChI=1S/C9H7NO.2H2O/c11-9-6-5-7-3-1-2-4-8(7)10-9;;/h1-6H,(H,10,11);2*1H2. The van der Waals surface area contributed by atoms with E-state index in [1.54, 1.807) is 0 Å². The van der Waals surface area contributed by atoms with Crippen molar-refractivity contribution in [2.45, 2.75) is 0 Å². The lowest BCUT2D eigenvalue weighted by molar-refractivity contribution is 0.823. The van der Waals surface area contributed by atoms with Crippen LogP contribution in [0.5, 0.6) is 0 Å². The predicted octanol–water partition coefficient (Wildman–Crippen LogP) is -0.121. The van der Waals surface area contributed by atoms with E-state index in [4.69, 9.17) is 0 Å². The van der Waals surface area contributed by atoms with Gasteiger partial charge in [0, 0.05) is 11.6 Å². The number of hydrogen-bond acceptors (Lipinski definition) is 1. The van der Waals surface area contributed by atoms with Crippen LogP contribution in [0.2, 0.25) is 0 Å². The van der Waals surface area contributed by atoms with Gasteiger partial charge in [-0.3, -0.25) is 4.79 Å². The summed E-state index contributed by atoms with van der Waals surface area (Å²) in [5, 5.41) is 1.06. The first-order valence-electron chi connectivity index (χ1n) is 3.44. The van der Waals surface area contributed by atoms with Crippen molar-refractivity contribution in [1.82, 2.24) is 4.98 Å². The molecule has 0 aliphatic heterocycles. The van der Waals surface area contributed by atoms with Gasteiger partial charge in [-0.2, -0.15) is 0 Å². The lowest BCUT2D eigenvalue weighted by atomic mass is 10.2. The fraction of sp³-hybridized carbons (Fsp3) is 0. The van der Waals surface area contributed by atoms with Crippen molar-refractivity contribution in [1.29, 1.82) is 0 Å². The van der Waals surface area contributed by atoms with Crippen LogP contribution < -0.4 is 5.56 Å². The Hall–Kier alpha value is -1.65. The molecule has 0 bridgehead atoms. The number of benzene rings is 1. The Morgan fingerprint density at radius 3 is 2.38 bits per heavy atom. The monoisotopic (exact) mass is 181 g/mol. The van der Waals surface area contributed by atoms with Crippen LogP contribution >= 0.6 is 0 Å². The maximum Gasteiger partial charge on any atom is 0.248 e. The SMILES string of the molecule is O.O.O=c1ccc2ccccc2[nH]1. The zero-order valence-corrected chi connectivity index (χ0v) is 6.87. The largest absolute Gasteiger partial charge is 0.412 e. The smallest absolute Gasteiger partial charge is 0.248 e. The first-order chi connectivity index (χ1) is 5.36. The average molecular weight is 181 g/mol. The molecule has 0 aliphatic rings. The topological polar surface area (TPSA) is 95.9 Å². The predicted molar refractivity (Wildman–Crippen MR) is 51.8 cm³/mol. The molecule has 1 heterocycles. The Morgan fingerprint density at radius 1 is 0.923 bits per heavy atom. The third-order valence-electron chi connectivity index (χ3n) is 1.63. The zero-order chi connectivity index (χ0) is 7.68. The van der Waals surface area contributed by atoms with Crippen molar-refractivity contribution in [3.8, 4) is 0 Å². The quantitative estimate of drug-likeness (QED) is 0.602. The van der Waals surface area contributed by atoms with Crippen LogP contribution in [0.3, 0.4) is 0 Å². The van der Waals surface area contributed by atoms with Gasteiger partial charge in [0.05, 0.1) is 0 Å². The van der Waals surface area contributed by atoms with E-state index < -0.39 is 0 Å². The van der Waals surface area contributed by atoms with Crippen LogP contribution in [0.1, 0.15) is 0 Å². The minimum atomic E-state index is -0.0521. The molecule has 70 valence electrons. The molecule has 2 rings (SSSR count). The van der Waals surface area contributed by atoms with Crippen molar-refractivity contribution in [3.05, 3.63) is 46.8 Å². The highest BCUT2D eigenvalue weighted by Gasteiger charge is 1.89. The van der Waals surface area contributed by atoms with Crippen molar-refractivity contribution in [3.63, 3.8) is 0 Å². The summed E-state index contributed by atoms with van der Waals surface area (Å²) in [7, 11) is 0. The van der Waals surface area contributed by atoms with E-state index in [1.807, 2.05) is 30.3 Å². The van der Waals surface area contributed by atoms with Crippen molar-refractivity contribution in [2.75, 3.05) is 0 Å². The zero-order valence-electron chi connectivity index (χ0n) is 6.87. The lowest BCUT2D eigenvalue weighted by Crippen LogP contribution is -2.01. The van der Waals surface area contributed by atoms with Gasteiger partial charge in [-0.25, -0.2) is 0 Å². The van der Waals surface area contributed by atoms with Gasteiger partial charge < -0.3 is 15.9 Å². The second-order valence-electron chi connectivity index (χ2n) is 2.41. The molecule has 0 aliphatic carbocycles. The third-order valence-corrected chi connectivity index (χ3v) is 1.63. The van der Waals surface area contributed by atoms with Gasteiger partial charge in [-0.05, 0) is 17.5 Å². The van der Waals surface area contributed by atoms with E-state index in [0.29, 0.717) is 0 Å². The Labute approximate surface area is 74.5 Å². The van der Waals surface area contributed by atoms with Crippen LogP contribution in [-0.2, 0) is 0 Å². The highest BCUT2D eigenvalue weighted by atomic mass is 16.1. The molecule has 0 amide bonds. The van der Waals surface area contributed by atoms with E-state index in [1.165, 1.54) is 6.07 Å². The van der Waals surface area contributed by atoms with Crippen molar-refractivity contribution >= 4 is 10.9 Å². The molecule has 5 N–H and O–H groups in total. The molecule has 1 aromatic carbocycles. The van der Waals surface area contributed by atoms with E-state index in [0.717, 1.165) is 10.9 Å². The maximum atomic E-state index is 10.8. The van der Waals surface area contributed by atoms with Gasteiger partial charge in [0.1, 0.15) is 0 Å². The van der Waals surface area contributed by atoms with Crippen LogP contribution in [0.4, 0.5) is 0 Å². The molecule has 0 unspecified atom stereocenters. The van der Waals surface area contributed by atoms with Gasteiger partial charge in [0.2, 0.25) is 5.56 Å². The number of aromatic nitrogens is 1. The van der Waals surface area contributed by atoms with Crippen molar-refractivity contribution < 1.29 is 11.0 Å². The molecule has 13 heavy (non-hydrogen) atoms. The number of hydrogen-bond donors (Lipinski definition) is 1. The summed E-state index contributed by atoms with van der Waals surface area (Å²) in [6.45, 7) is 0. The molecule has 2 aromatic rings. The molecule has 0 saturated heterocycles. The first kappa shape index (κ1) is 11.4. The Kier molecular flexibility index (Phi) is 3.84. The summed E-state index contributed by atoms with van der Waals surface area (Å²) in [6, 6.07) is 11.0. The number of para-hydroxylation sites is 1. The normalized spacial score (nSPS) is 8.62. The van der Waals surface area contributed by atoms with E-state index in [2.05, 4.69) is 4.98 Å². The minimum Gasteiger partial charge on any atom is -0.412 e. The first-order valence-corrected chi connectivity index (χ1v) is 3.44. The Bertz CT molecular complexity index is 436. The van der Waals surface area contributed by atoms with Gasteiger partial charge >= 0.3 is 0 Å². The number of fused-ring (bicyclic) bond motifs is 1.